The van der Waals surface area contributed by atoms with E-state index >= 15 is 0 Å². The number of carbonyl (C=O) groups excluding carboxylic acids is 1. The summed E-state index contributed by atoms with van der Waals surface area (Å²) >= 11 is 1.86. The summed E-state index contributed by atoms with van der Waals surface area (Å²) in [6.45, 7) is 2.10. The molecule has 0 spiro atoms. The second kappa shape index (κ2) is 6.34. The first-order chi connectivity index (χ1) is 10.6. The number of nitrogens with zero attached hydrogens (tertiary/aromatic N) is 3. The second-order valence-corrected chi connectivity index (χ2v) is 7.18. The Labute approximate surface area is 136 Å². The van der Waals surface area contributed by atoms with Crippen molar-refractivity contribution in [3.63, 3.8) is 0 Å². The fourth-order valence-electron chi connectivity index (χ4n) is 3.21. The van der Waals surface area contributed by atoms with Gasteiger partial charge in [-0.15, -0.1) is 0 Å². The van der Waals surface area contributed by atoms with E-state index in [1.54, 1.807) is 0 Å². The van der Waals surface area contributed by atoms with Gasteiger partial charge in [-0.25, -0.2) is 0 Å². The Morgan fingerprint density at radius 3 is 2.73 bits per heavy atom. The molecule has 0 unspecified atom stereocenters. The minimum absolute atomic E-state index is 0.213. The SMILES string of the molecule is CS[C@@H]1CN(C(=O)Cn2ccc3ccccc32)C[C@@H]1N(C)C. The van der Waals surface area contributed by atoms with Gasteiger partial charge in [0.25, 0.3) is 0 Å². The largest absolute Gasteiger partial charge is 0.338 e. The Balaban J connectivity index is 1.72. The smallest absolute Gasteiger partial charge is 0.242 e. The number of para-hydroxylation sites is 1. The number of carbonyl (C=O) groups is 1. The molecule has 22 heavy (non-hydrogen) atoms. The van der Waals surface area contributed by atoms with E-state index in [2.05, 4.69) is 48.0 Å². The molecule has 0 aliphatic carbocycles. The maximum Gasteiger partial charge on any atom is 0.242 e. The highest BCUT2D eigenvalue weighted by Crippen LogP contribution is 2.24. The lowest BCUT2D eigenvalue weighted by Gasteiger charge is -2.23. The van der Waals surface area contributed by atoms with Gasteiger partial charge in [-0.2, -0.15) is 11.8 Å². The number of hydrogen-bond acceptors (Lipinski definition) is 3. The predicted molar refractivity (Wildman–Crippen MR) is 93.3 cm³/mol. The van der Waals surface area contributed by atoms with Crippen molar-refractivity contribution in [1.82, 2.24) is 14.4 Å². The number of likely N-dealkylation sites (tertiary alicyclic amines) is 1. The Bertz CT molecular complexity index is 667. The van der Waals surface area contributed by atoms with Gasteiger partial charge in [-0.1, -0.05) is 18.2 Å². The molecule has 4 nitrogen and oxygen atoms in total. The number of rotatable bonds is 4. The van der Waals surface area contributed by atoms with Crippen LogP contribution in [-0.4, -0.2) is 65.0 Å². The molecule has 0 N–H and O–H groups in total. The third-order valence-electron chi connectivity index (χ3n) is 4.54. The topological polar surface area (TPSA) is 28.5 Å². The van der Waals surface area contributed by atoms with Gasteiger partial charge in [-0.3, -0.25) is 4.79 Å². The van der Waals surface area contributed by atoms with Crippen molar-refractivity contribution < 1.29 is 4.79 Å². The van der Waals surface area contributed by atoms with Gasteiger partial charge < -0.3 is 14.4 Å². The molecule has 2 heterocycles. The van der Waals surface area contributed by atoms with Crippen LogP contribution in [0.4, 0.5) is 0 Å². The molecule has 1 aromatic heterocycles. The van der Waals surface area contributed by atoms with E-state index in [9.17, 15) is 4.79 Å². The molecule has 118 valence electrons. The Hall–Kier alpha value is -1.46. The van der Waals surface area contributed by atoms with Crippen LogP contribution in [0.3, 0.4) is 0 Å². The average Bonchev–Trinajstić information content (AvgIpc) is 3.12. The summed E-state index contributed by atoms with van der Waals surface area (Å²) in [6.07, 6.45) is 4.14. The van der Waals surface area contributed by atoms with Crippen LogP contribution in [-0.2, 0) is 11.3 Å². The number of thioether (sulfide) groups is 1. The van der Waals surface area contributed by atoms with E-state index in [4.69, 9.17) is 0 Å². The van der Waals surface area contributed by atoms with E-state index in [0.29, 0.717) is 17.8 Å². The van der Waals surface area contributed by atoms with E-state index in [-0.39, 0.29) is 5.91 Å². The summed E-state index contributed by atoms with van der Waals surface area (Å²) in [5.41, 5.74) is 1.13. The summed E-state index contributed by atoms with van der Waals surface area (Å²) in [4.78, 5) is 16.9. The molecule has 2 atom stereocenters. The van der Waals surface area contributed by atoms with Crippen LogP contribution in [0.2, 0.25) is 0 Å². The highest BCUT2D eigenvalue weighted by molar-refractivity contribution is 7.99. The molecular weight excluding hydrogens is 294 g/mol. The van der Waals surface area contributed by atoms with Crippen molar-refractivity contribution in [2.75, 3.05) is 33.4 Å². The second-order valence-electron chi connectivity index (χ2n) is 6.11. The molecule has 5 heteroatoms. The standard InChI is InChI=1S/C17H23N3OS/c1-18(2)15-10-20(11-16(15)22-3)17(21)12-19-9-8-13-6-4-5-7-14(13)19/h4-9,15-16H,10-12H2,1-3H3/t15-,16+/m0/s1. The lowest BCUT2D eigenvalue weighted by Crippen LogP contribution is -2.37. The Morgan fingerprint density at radius 1 is 1.27 bits per heavy atom. The normalized spacial score (nSPS) is 21.9. The van der Waals surface area contributed by atoms with Crippen LogP contribution in [0.1, 0.15) is 0 Å². The third kappa shape index (κ3) is 2.88. The Kier molecular flexibility index (Phi) is 4.45. The number of benzene rings is 1. The Morgan fingerprint density at radius 2 is 2.05 bits per heavy atom. The van der Waals surface area contributed by atoms with Gasteiger partial charge >= 0.3 is 0 Å². The van der Waals surface area contributed by atoms with Crippen LogP contribution in [0.5, 0.6) is 0 Å². The van der Waals surface area contributed by atoms with Crippen LogP contribution in [0.25, 0.3) is 10.9 Å². The lowest BCUT2D eigenvalue weighted by atomic mass is 10.2. The van der Waals surface area contributed by atoms with Crippen molar-refractivity contribution >= 4 is 28.6 Å². The van der Waals surface area contributed by atoms with E-state index < -0.39 is 0 Å². The number of aromatic nitrogens is 1. The maximum atomic E-state index is 12.7. The van der Waals surface area contributed by atoms with Gasteiger partial charge in [0, 0.05) is 36.1 Å². The van der Waals surface area contributed by atoms with Gasteiger partial charge in [0.1, 0.15) is 6.54 Å². The molecule has 2 aromatic rings. The molecule has 0 radical (unpaired) electrons. The zero-order valence-corrected chi connectivity index (χ0v) is 14.2. The van der Waals surface area contributed by atoms with Crippen molar-refractivity contribution in [1.29, 1.82) is 0 Å². The van der Waals surface area contributed by atoms with Crippen LogP contribution < -0.4 is 0 Å². The zero-order valence-electron chi connectivity index (χ0n) is 13.4. The first-order valence-electron chi connectivity index (χ1n) is 7.61. The first kappa shape index (κ1) is 15.4. The van der Waals surface area contributed by atoms with Gasteiger partial charge in [0.05, 0.1) is 0 Å². The molecule has 0 saturated carbocycles. The first-order valence-corrected chi connectivity index (χ1v) is 8.90. The van der Waals surface area contributed by atoms with Crippen LogP contribution in [0.15, 0.2) is 36.5 Å². The number of hydrogen-bond donors (Lipinski definition) is 0. The fraction of sp³-hybridized carbons (Fsp3) is 0.471. The van der Waals surface area contributed by atoms with Gasteiger partial charge in [0.2, 0.25) is 5.91 Å². The van der Waals surface area contributed by atoms with Crippen molar-refractivity contribution in [2.24, 2.45) is 0 Å². The molecule has 1 saturated heterocycles. The number of fused-ring (bicyclic) bond motifs is 1. The van der Waals surface area contributed by atoms with Crippen LogP contribution >= 0.6 is 11.8 Å². The highest BCUT2D eigenvalue weighted by atomic mass is 32.2. The third-order valence-corrected chi connectivity index (χ3v) is 5.61. The van der Waals surface area contributed by atoms with E-state index in [0.717, 1.165) is 18.6 Å². The molecule has 1 aliphatic rings. The fourth-order valence-corrected chi connectivity index (χ4v) is 4.18. The summed E-state index contributed by atoms with van der Waals surface area (Å²) in [5.74, 6) is 0.213. The van der Waals surface area contributed by atoms with Gasteiger partial charge in [0.15, 0.2) is 0 Å². The minimum Gasteiger partial charge on any atom is -0.338 e. The van der Waals surface area contributed by atoms with Crippen LogP contribution in [0, 0.1) is 0 Å². The lowest BCUT2D eigenvalue weighted by molar-refractivity contribution is -0.130. The summed E-state index contributed by atoms with van der Waals surface area (Å²) in [7, 11) is 4.20. The summed E-state index contributed by atoms with van der Waals surface area (Å²) in [6, 6.07) is 10.7. The molecular formula is C17H23N3OS. The minimum atomic E-state index is 0.213. The monoisotopic (exact) mass is 317 g/mol. The van der Waals surface area contributed by atoms with E-state index in [1.165, 1.54) is 5.39 Å². The molecule has 1 aromatic carbocycles. The van der Waals surface area contributed by atoms with Crippen molar-refractivity contribution in [3.8, 4) is 0 Å². The summed E-state index contributed by atoms with van der Waals surface area (Å²) < 4.78 is 2.05. The van der Waals surface area contributed by atoms with E-state index in [1.807, 2.05) is 35.0 Å². The van der Waals surface area contributed by atoms with Crippen molar-refractivity contribution in [3.05, 3.63) is 36.5 Å². The predicted octanol–water partition coefficient (Wildman–Crippen LogP) is 2.15. The van der Waals surface area contributed by atoms with Gasteiger partial charge in [-0.05, 0) is 37.9 Å². The highest BCUT2D eigenvalue weighted by Gasteiger charge is 2.35. The average molecular weight is 317 g/mol. The molecule has 1 aliphatic heterocycles. The molecule has 1 fully saturated rings. The molecule has 3 rings (SSSR count). The molecule has 0 bridgehead atoms. The number of amides is 1. The van der Waals surface area contributed by atoms with Crippen molar-refractivity contribution in [2.45, 2.75) is 17.8 Å². The maximum absolute atomic E-state index is 12.7. The molecule has 1 amide bonds. The zero-order chi connectivity index (χ0) is 15.7. The summed E-state index contributed by atoms with van der Waals surface area (Å²) in [5, 5.41) is 1.69. The number of likely N-dealkylation sites (N-methyl/N-ethyl adjacent to an activating group) is 1. The quantitative estimate of drug-likeness (QED) is 0.865.